The Hall–Kier alpha value is -2.01. The van der Waals surface area contributed by atoms with E-state index in [0.717, 1.165) is 0 Å². The highest BCUT2D eigenvalue weighted by atomic mass is 79.9. The Balaban J connectivity index is 2.00. The van der Waals surface area contributed by atoms with Crippen molar-refractivity contribution in [1.82, 2.24) is 5.43 Å². The Labute approximate surface area is 118 Å². The van der Waals surface area contributed by atoms with Crippen molar-refractivity contribution in [2.75, 3.05) is 0 Å². The van der Waals surface area contributed by atoms with Gasteiger partial charge in [0.25, 0.3) is 5.91 Å². The van der Waals surface area contributed by atoms with E-state index in [9.17, 15) is 9.18 Å². The van der Waals surface area contributed by atoms with Crippen LogP contribution in [0.5, 0.6) is 0 Å². The minimum absolute atomic E-state index is 0.293. The molecule has 0 saturated heterocycles. The van der Waals surface area contributed by atoms with Gasteiger partial charge in [0.1, 0.15) is 5.82 Å². The molecule has 0 heterocycles. The van der Waals surface area contributed by atoms with Crippen LogP contribution < -0.4 is 5.43 Å². The molecule has 0 aliphatic heterocycles. The summed E-state index contributed by atoms with van der Waals surface area (Å²) in [7, 11) is 0. The SMILES string of the molecule is O=C(N/N=C\c1ccc(F)c(Br)c1)c1ccccc1. The fourth-order valence-electron chi connectivity index (χ4n) is 1.41. The van der Waals surface area contributed by atoms with Gasteiger partial charge in [-0.05, 0) is 45.8 Å². The Morgan fingerprint density at radius 1 is 1.21 bits per heavy atom. The molecule has 5 heteroatoms. The van der Waals surface area contributed by atoms with E-state index in [0.29, 0.717) is 15.6 Å². The van der Waals surface area contributed by atoms with Crippen LogP contribution in [0.4, 0.5) is 4.39 Å². The first-order chi connectivity index (χ1) is 9.16. The summed E-state index contributed by atoms with van der Waals surface area (Å²) in [6.07, 6.45) is 1.45. The third-order valence-electron chi connectivity index (χ3n) is 2.36. The topological polar surface area (TPSA) is 41.5 Å². The van der Waals surface area contributed by atoms with Crippen LogP contribution in [0.2, 0.25) is 0 Å². The van der Waals surface area contributed by atoms with Gasteiger partial charge in [-0.25, -0.2) is 9.82 Å². The molecule has 19 heavy (non-hydrogen) atoms. The number of hydrazone groups is 1. The molecule has 0 radical (unpaired) electrons. The first-order valence-corrected chi connectivity index (χ1v) is 6.29. The number of carbonyl (C=O) groups excluding carboxylic acids is 1. The highest BCUT2D eigenvalue weighted by molar-refractivity contribution is 9.10. The fourth-order valence-corrected chi connectivity index (χ4v) is 1.81. The van der Waals surface area contributed by atoms with Gasteiger partial charge in [-0.2, -0.15) is 5.10 Å². The monoisotopic (exact) mass is 320 g/mol. The molecule has 0 bridgehead atoms. The van der Waals surface area contributed by atoms with Gasteiger partial charge in [-0.15, -0.1) is 0 Å². The second-order valence-corrected chi connectivity index (χ2v) is 4.59. The molecule has 1 N–H and O–H groups in total. The van der Waals surface area contributed by atoms with Crippen molar-refractivity contribution in [2.24, 2.45) is 5.10 Å². The van der Waals surface area contributed by atoms with Crippen LogP contribution in [0, 0.1) is 5.82 Å². The molecule has 1 amide bonds. The van der Waals surface area contributed by atoms with Crippen molar-refractivity contribution < 1.29 is 9.18 Å². The van der Waals surface area contributed by atoms with Gasteiger partial charge in [0.15, 0.2) is 0 Å². The third-order valence-corrected chi connectivity index (χ3v) is 2.97. The zero-order valence-corrected chi connectivity index (χ0v) is 11.4. The highest BCUT2D eigenvalue weighted by Crippen LogP contribution is 2.15. The molecule has 0 aromatic heterocycles. The van der Waals surface area contributed by atoms with Crippen LogP contribution in [0.15, 0.2) is 58.1 Å². The Morgan fingerprint density at radius 2 is 1.95 bits per heavy atom. The third kappa shape index (κ3) is 3.72. The number of hydrogen-bond donors (Lipinski definition) is 1. The zero-order chi connectivity index (χ0) is 13.7. The largest absolute Gasteiger partial charge is 0.271 e. The molecule has 96 valence electrons. The molecule has 0 atom stereocenters. The summed E-state index contributed by atoms with van der Waals surface area (Å²) in [6.45, 7) is 0. The van der Waals surface area contributed by atoms with Crippen LogP contribution >= 0.6 is 15.9 Å². The summed E-state index contributed by atoms with van der Waals surface area (Å²) >= 11 is 3.08. The normalized spacial score (nSPS) is 10.6. The van der Waals surface area contributed by atoms with Gasteiger partial charge >= 0.3 is 0 Å². The van der Waals surface area contributed by atoms with E-state index in [1.807, 2.05) is 6.07 Å². The standard InChI is InChI=1S/C14H10BrFN2O/c15-12-8-10(6-7-13(12)16)9-17-18-14(19)11-4-2-1-3-5-11/h1-9H,(H,18,19)/b17-9-. The fraction of sp³-hybridized carbons (Fsp3) is 0. The van der Waals surface area contributed by atoms with Crippen LogP contribution in [0.1, 0.15) is 15.9 Å². The minimum atomic E-state index is -0.342. The molecule has 2 aromatic rings. The van der Waals surface area contributed by atoms with E-state index in [1.54, 1.807) is 36.4 Å². The predicted molar refractivity (Wildman–Crippen MR) is 75.6 cm³/mol. The molecule has 0 fully saturated rings. The first-order valence-electron chi connectivity index (χ1n) is 5.50. The van der Waals surface area contributed by atoms with Crippen LogP contribution in [-0.2, 0) is 0 Å². The lowest BCUT2D eigenvalue weighted by molar-refractivity contribution is 0.0955. The lowest BCUT2D eigenvalue weighted by Crippen LogP contribution is -2.17. The van der Waals surface area contributed by atoms with Gasteiger partial charge in [0.2, 0.25) is 0 Å². The molecule has 0 aliphatic rings. The Kier molecular flexibility index (Phi) is 4.41. The molecule has 2 aromatic carbocycles. The first kappa shape index (κ1) is 13.4. The Bertz CT molecular complexity index is 614. The van der Waals surface area contributed by atoms with Crippen LogP contribution in [0.25, 0.3) is 0 Å². The quantitative estimate of drug-likeness (QED) is 0.684. The number of nitrogens with one attached hydrogen (secondary N) is 1. The smallest absolute Gasteiger partial charge is 0.267 e. The van der Waals surface area contributed by atoms with Crippen LogP contribution in [-0.4, -0.2) is 12.1 Å². The van der Waals surface area contributed by atoms with E-state index < -0.39 is 0 Å². The van der Waals surface area contributed by atoms with Gasteiger partial charge < -0.3 is 0 Å². The molecule has 0 spiro atoms. The maximum absolute atomic E-state index is 13.0. The number of hydrogen-bond acceptors (Lipinski definition) is 2. The minimum Gasteiger partial charge on any atom is -0.267 e. The van der Waals surface area contributed by atoms with Gasteiger partial charge in [0, 0.05) is 5.56 Å². The van der Waals surface area contributed by atoms with E-state index in [-0.39, 0.29) is 11.7 Å². The summed E-state index contributed by atoms with van der Waals surface area (Å²) in [6, 6.07) is 13.2. The van der Waals surface area contributed by atoms with Gasteiger partial charge in [-0.3, -0.25) is 4.79 Å². The molecular weight excluding hydrogens is 311 g/mol. The van der Waals surface area contributed by atoms with Crippen molar-refractivity contribution >= 4 is 28.1 Å². The second kappa shape index (κ2) is 6.24. The van der Waals surface area contributed by atoms with E-state index >= 15 is 0 Å². The van der Waals surface area contributed by atoms with Crippen molar-refractivity contribution in [3.8, 4) is 0 Å². The number of rotatable bonds is 3. The van der Waals surface area contributed by atoms with E-state index in [2.05, 4.69) is 26.5 Å². The average molecular weight is 321 g/mol. The van der Waals surface area contributed by atoms with Gasteiger partial charge in [0.05, 0.1) is 10.7 Å². The van der Waals surface area contributed by atoms with Gasteiger partial charge in [-0.1, -0.05) is 24.3 Å². The molecule has 0 aliphatic carbocycles. The summed E-state index contributed by atoms with van der Waals surface area (Å²) < 4.78 is 13.4. The van der Waals surface area contributed by atoms with Crippen molar-refractivity contribution in [3.05, 3.63) is 69.9 Å². The Morgan fingerprint density at radius 3 is 2.63 bits per heavy atom. The predicted octanol–water partition coefficient (Wildman–Crippen LogP) is 3.35. The van der Waals surface area contributed by atoms with E-state index in [1.165, 1.54) is 12.3 Å². The average Bonchev–Trinajstić information content (AvgIpc) is 2.43. The van der Waals surface area contributed by atoms with Crippen molar-refractivity contribution in [2.45, 2.75) is 0 Å². The molecule has 3 nitrogen and oxygen atoms in total. The molecule has 0 saturated carbocycles. The van der Waals surface area contributed by atoms with E-state index in [4.69, 9.17) is 0 Å². The summed E-state index contributed by atoms with van der Waals surface area (Å²) in [5.41, 5.74) is 3.61. The summed E-state index contributed by atoms with van der Waals surface area (Å²) in [4.78, 5) is 11.7. The van der Waals surface area contributed by atoms with Crippen molar-refractivity contribution in [1.29, 1.82) is 0 Å². The highest BCUT2D eigenvalue weighted by Gasteiger charge is 2.02. The number of benzene rings is 2. The molecular formula is C14H10BrFN2O. The number of carbonyl (C=O) groups is 1. The summed E-state index contributed by atoms with van der Waals surface area (Å²) in [5.74, 6) is -0.636. The zero-order valence-electron chi connectivity index (χ0n) is 9.81. The lowest BCUT2D eigenvalue weighted by atomic mass is 10.2. The molecule has 0 unspecified atom stereocenters. The second-order valence-electron chi connectivity index (χ2n) is 3.74. The summed E-state index contributed by atoms with van der Waals surface area (Å²) in [5, 5.41) is 3.82. The number of halogens is 2. The number of amides is 1. The van der Waals surface area contributed by atoms with Crippen LogP contribution in [0.3, 0.4) is 0 Å². The molecule has 2 rings (SSSR count). The number of nitrogens with zero attached hydrogens (tertiary/aromatic N) is 1. The lowest BCUT2D eigenvalue weighted by Gasteiger charge is -1.99. The maximum Gasteiger partial charge on any atom is 0.271 e. The van der Waals surface area contributed by atoms with Crippen molar-refractivity contribution in [3.63, 3.8) is 0 Å². The maximum atomic E-state index is 13.0.